The van der Waals surface area contributed by atoms with Crippen molar-refractivity contribution in [2.45, 2.75) is 71.7 Å². The summed E-state index contributed by atoms with van der Waals surface area (Å²) in [7, 11) is 0. The molecule has 262 valence electrons. The van der Waals surface area contributed by atoms with Gasteiger partial charge in [0.25, 0.3) is 5.56 Å². The molecule has 0 bridgehead atoms. The molecule has 0 spiro atoms. The molecule has 2 aromatic heterocycles. The van der Waals surface area contributed by atoms with Crippen LogP contribution in [0.4, 0.5) is 29.3 Å². The van der Waals surface area contributed by atoms with E-state index in [0.717, 1.165) is 23.8 Å². The molecule has 0 radical (unpaired) electrons. The van der Waals surface area contributed by atoms with Gasteiger partial charge in [-0.15, -0.1) is 5.10 Å². The van der Waals surface area contributed by atoms with E-state index in [4.69, 9.17) is 21.3 Å². The number of Topliss-reactive ketones (excluding diaryl/α,β-unsaturated/α-hetero) is 1. The number of ether oxygens (including phenoxy) is 1. The molecule has 3 aromatic rings. The molecule has 49 heavy (non-hydrogen) atoms. The van der Waals surface area contributed by atoms with Gasteiger partial charge in [0.2, 0.25) is 11.7 Å². The molecule has 2 aliphatic carbocycles. The van der Waals surface area contributed by atoms with Crippen molar-refractivity contribution >= 4 is 52.1 Å². The van der Waals surface area contributed by atoms with E-state index in [1.807, 2.05) is 17.9 Å². The minimum Gasteiger partial charge on any atom is -0.444 e. The van der Waals surface area contributed by atoms with Gasteiger partial charge in [0.15, 0.2) is 5.82 Å². The summed E-state index contributed by atoms with van der Waals surface area (Å²) >= 11 is 6.12. The van der Waals surface area contributed by atoms with E-state index >= 15 is 0 Å². The summed E-state index contributed by atoms with van der Waals surface area (Å²) < 4.78 is 47.8. The molecule has 1 saturated carbocycles. The number of allylic oxidation sites excluding steroid dienone is 2. The molecule has 6 rings (SSSR count). The number of carbonyl (C=O) groups is 3. The second kappa shape index (κ2) is 12.8. The largest absolute Gasteiger partial charge is 0.444 e. The van der Waals surface area contributed by atoms with E-state index in [0.29, 0.717) is 69.1 Å². The molecule has 3 aliphatic rings. The van der Waals surface area contributed by atoms with E-state index in [-0.39, 0.29) is 40.7 Å². The highest BCUT2D eigenvalue weighted by atomic mass is 35.5. The molecule has 2 atom stereocenters. The number of hydrogen-bond donors (Lipinski definition) is 1. The molecule has 2 unspecified atom stereocenters. The van der Waals surface area contributed by atoms with Crippen molar-refractivity contribution in [1.29, 1.82) is 0 Å². The van der Waals surface area contributed by atoms with E-state index < -0.39 is 34.9 Å². The predicted molar refractivity (Wildman–Crippen MR) is 176 cm³/mol. The lowest BCUT2D eigenvalue weighted by atomic mass is 10.00. The number of piperazine rings is 1. The molecule has 16 heteroatoms. The minimum absolute atomic E-state index is 0.00683. The maximum atomic E-state index is 14.2. The lowest BCUT2D eigenvalue weighted by molar-refractivity contribution is -0.137. The number of fused-ring (bicyclic) bond motifs is 2. The standard InChI is InChI=1S/C33H37ClF3N7O5/c1-5-25-27(41-8-10-42(11-9-41)31(48)49-32(2,3)4)29(47)44-30(39-28(40-44)20-12-18-14-22(45)15-19(18)13-20)43(25)17-26(46)38-24-7-6-21(16-23(24)34)33(35,36)37/h6-7,12,16,18-19H,5,8-11,13-15,17H2,1-4H3,(H,38,46). The van der Waals surface area contributed by atoms with Gasteiger partial charge >= 0.3 is 12.3 Å². The molecule has 3 heterocycles. The first-order chi connectivity index (χ1) is 23.0. The quantitative estimate of drug-likeness (QED) is 0.371. The number of ketones is 1. The van der Waals surface area contributed by atoms with Gasteiger partial charge in [-0.2, -0.15) is 22.7 Å². The van der Waals surface area contributed by atoms with E-state index in [1.54, 1.807) is 30.2 Å². The lowest BCUT2D eigenvalue weighted by Crippen LogP contribution is -2.51. The van der Waals surface area contributed by atoms with Crippen molar-refractivity contribution in [3.8, 4) is 0 Å². The fourth-order valence-corrected chi connectivity index (χ4v) is 7.01. The number of carbonyl (C=O) groups excluding carboxylic acids is 3. The van der Waals surface area contributed by atoms with Crippen molar-refractivity contribution in [2.24, 2.45) is 11.8 Å². The Bertz CT molecular complexity index is 1920. The van der Waals surface area contributed by atoms with Crippen molar-refractivity contribution in [1.82, 2.24) is 24.1 Å². The van der Waals surface area contributed by atoms with Gasteiger partial charge in [0.05, 0.1) is 22.0 Å². The second-order valence-electron chi connectivity index (χ2n) is 13.6. The smallest absolute Gasteiger partial charge is 0.416 e. The lowest BCUT2D eigenvalue weighted by Gasteiger charge is -2.37. The van der Waals surface area contributed by atoms with Crippen LogP contribution < -0.4 is 15.8 Å². The number of hydrogen-bond acceptors (Lipinski definition) is 8. The number of nitrogens with one attached hydrogen (secondary N) is 1. The minimum atomic E-state index is -4.60. The fourth-order valence-electron chi connectivity index (χ4n) is 6.78. The molecule has 1 saturated heterocycles. The Morgan fingerprint density at radius 2 is 1.78 bits per heavy atom. The predicted octanol–water partition coefficient (Wildman–Crippen LogP) is 5.20. The number of rotatable bonds is 6. The van der Waals surface area contributed by atoms with Gasteiger partial charge in [-0.05, 0) is 69.2 Å². The first-order valence-corrected chi connectivity index (χ1v) is 16.5. The number of anilines is 2. The molecule has 1 aliphatic heterocycles. The number of nitrogens with zero attached hydrogens (tertiary/aromatic N) is 6. The molecule has 2 fully saturated rings. The molecule has 1 N–H and O–H groups in total. The van der Waals surface area contributed by atoms with Crippen molar-refractivity contribution in [3.05, 3.63) is 56.7 Å². The van der Waals surface area contributed by atoms with E-state index in [2.05, 4.69) is 10.4 Å². The summed E-state index contributed by atoms with van der Waals surface area (Å²) in [6, 6.07) is 2.66. The van der Waals surface area contributed by atoms with Crippen LogP contribution in [0.15, 0.2) is 29.1 Å². The van der Waals surface area contributed by atoms with Gasteiger partial charge in [0.1, 0.15) is 23.6 Å². The summed E-state index contributed by atoms with van der Waals surface area (Å²) in [6.45, 7) is 8.04. The number of halogens is 4. The number of benzene rings is 1. The van der Waals surface area contributed by atoms with Crippen LogP contribution in [0.2, 0.25) is 5.02 Å². The maximum absolute atomic E-state index is 14.2. The SMILES string of the molecule is CCc1c(N2CCN(C(=O)OC(C)(C)C)CC2)c(=O)n2nc(C3=CC4CC(=O)CC4C3)nc2n1CC(=O)Nc1ccc(C(F)(F)F)cc1Cl. The van der Waals surface area contributed by atoms with Crippen molar-refractivity contribution < 1.29 is 32.3 Å². The molecule has 2 amide bonds. The normalized spacial score (nSPS) is 19.8. The highest BCUT2D eigenvalue weighted by Crippen LogP contribution is 2.44. The fraction of sp³-hybridized carbons (Fsp3) is 0.515. The van der Waals surface area contributed by atoms with Crippen LogP contribution in [0.3, 0.4) is 0 Å². The van der Waals surface area contributed by atoms with Gasteiger partial charge in [-0.1, -0.05) is 24.6 Å². The van der Waals surface area contributed by atoms with Crippen LogP contribution in [-0.4, -0.2) is 73.6 Å². The zero-order valence-corrected chi connectivity index (χ0v) is 28.3. The van der Waals surface area contributed by atoms with Crippen LogP contribution in [0.1, 0.15) is 64.0 Å². The number of alkyl halides is 3. The summed E-state index contributed by atoms with van der Waals surface area (Å²) in [5, 5.41) is 6.91. The zero-order chi connectivity index (χ0) is 35.4. The van der Waals surface area contributed by atoms with E-state index in [9.17, 15) is 32.3 Å². The van der Waals surface area contributed by atoms with Crippen LogP contribution in [0.5, 0.6) is 0 Å². The van der Waals surface area contributed by atoms with Crippen LogP contribution in [0.25, 0.3) is 11.4 Å². The second-order valence-corrected chi connectivity index (χ2v) is 14.1. The summed E-state index contributed by atoms with van der Waals surface area (Å²) in [5.41, 5.74) is -0.435. The Kier molecular flexibility index (Phi) is 9.01. The monoisotopic (exact) mass is 703 g/mol. The third-order valence-electron chi connectivity index (χ3n) is 9.02. The van der Waals surface area contributed by atoms with Crippen LogP contribution >= 0.6 is 11.6 Å². The van der Waals surface area contributed by atoms with Crippen molar-refractivity contribution in [3.63, 3.8) is 0 Å². The van der Waals surface area contributed by atoms with Crippen LogP contribution in [-0.2, 0) is 33.5 Å². The van der Waals surface area contributed by atoms with Gasteiger partial charge < -0.3 is 24.4 Å². The molecule has 1 aromatic carbocycles. The summed E-state index contributed by atoms with van der Waals surface area (Å²) in [6.07, 6.45) is -1.21. The maximum Gasteiger partial charge on any atom is 0.416 e. The summed E-state index contributed by atoms with van der Waals surface area (Å²) in [4.78, 5) is 60.5. The zero-order valence-electron chi connectivity index (χ0n) is 27.6. The topological polar surface area (TPSA) is 131 Å². The Balaban J connectivity index is 1.36. The highest BCUT2D eigenvalue weighted by molar-refractivity contribution is 6.33. The highest BCUT2D eigenvalue weighted by Gasteiger charge is 2.38. The van der Waals surface area contributed by atoms with Crippen molar-refractivity contribution in [2.75, 3.05) is 36.4 Å². The van der Waals surface area contributed by atoms with Crippen LogP contribution in [0, 0.1) is 11.8 Å². The average Bonchev–Trinajstić information content (AvgIpc) is 3.71. The van der Waals surface area contributed by atoms with Gasteiger partial charge in [-0.25, -0.2) is 4.79 Å². The average molecular weight is 704 g/mol. The van der Waals surface area contributed by atoms with Gasteiger partial charge in [0, 0.05) is 39.0 Å². The summed E-state index contributed by atoms with van der Waals surface area (Å²) in [5.74, 6) is 0.311. The molecular weight excluding hydrogens is 667 g/mol. The first kappa shape index (κ1) is 34.5. The number of aromatic nitrogens is 4. The Hall–Kier alpha value is -4.40. The molecular formula is C33H37ClF3N7O5. The Morgan fingerprint density at radius 3 is 2.39 bits per heavy atom. The van der Waals surface area contributed by atoms with E-state index in [1.165, 1.54) is 4.52 Å². The third-order valence-corrected chi connectivity index (χ3v) is 9.34. The Labute approximate surface area is 284 Å². The van der Waals surface area contributed by atoms with Gasteiger partial charge in [-0.3, -0.25) is 14.4 Å². The first-order valence-electron chi connectivity index (χ1n) is 16.2. The third kappa shape index (κ3) is 7.03. The molecule has 12 nitrogen and oxygen atoms in total. The number of amides is 2. The Morgan fingerprint density at radius 1 is 1.06 bits per heavy atom.